The Kier molecular flexibility index (Phi) is 13.4. The van der Waals surface area contributed by atoms with Crippen molar-refractivity contribution >= 4 is 42.3 Å². The van der Waals surface area contributed by atoms with E-state index in [4.69, 9.17) is 11.6 Å². The van der Waals surface area contributed by atoms with Gasteiger partial charge in [0, 0.05) is 24.5 Å². The summed E-state index contributed by atoms with van der Waals surface area (Å²) in [4.78, 5) is 14.2. The molecule has 7 heteroatoms. The monoisotopic (exact) mass is 409 g/mol. The van der Waals surface area contributed by atoms with Gasteiger partial charge in [-0.05, 0) is 63.5 Å². The topological polar surface area (TPSA) is 44.4 Å². The fourth-order valence-electron chi connectivity index (χ4n) is 2.99. The first-order chi connectivity index (χ1) is 11.2. The molecule has 0 radical (unpaired) electrons. The fourth-order valence-corrected chi connectivity index (χ4v) is 3.18. The van der Waals surface area contributed by atoms with Crippen LogP contribution >= 0.6 is 36.4 Å². The van der Waals surface area contributed by atoms with Crippen molar-refractivity contribution in [2.24, 2.45) is 5.92 Å². The second kappa shape index (κ2) is 13.7. The van der Waals surface area contributed by atoms with Gasteiger partial charge >= 0.3 is 0 Å². The third-order valence-corrected chi connectivity index (χ3v) is 4.85. The maximum absolute atomic E-state index is 11.7. The highest BCUT2D eigenvalue weighted by atomic mass is 35.5. The number of benzene rings is 1. The number of rotatable bonds is 8. The first-order valence-electron chi connectivity index (χ1n) is 8.56. The number of piperidine rings is 1. The van der Waals surface area contributed by atoms with E-state index in [1.165, 1.54) is 5.56 Å². The van der Waals surface area contributed by atoms with Crippen LogP contribution in [-0.2, 0) is 11.3 Å². The summed E-state index contributed by atoms with van der Waals surface area (Å²) < 4.78 is 0. The number of nitrogens with zero attached hydrogens (tertiary/aromatic N) is 1. The molecule has 0 unspecified atom stereocenters. The van der Waals surface area contributed by atoms with Crippen molar-refractivity contribution in [3.63, 3.8) is 0 Å². The van der Waals surface area contributed by atoms with Crippen molar-refractivity contribution in [1.82, 2.24) is 15.5 Å². The molecular weight excluding hydrogens is 381 g/mol. The molecule has 1 amide bonds. The third-order valence-electron chi connectivity index (χ3n) is 4.48. The highest BCUT2D eigenvalue weighted by molar-refractivity contribution is 6.31. The first-order valence-corrected chi connectivity index (χ1v) is 8.94. The predicted octanol–water partition coefficient (Wildman–Crippen LogP) is 3.51. The van der Waals surface area contributed by atoms with Crippen LogP contribution in [0.4, 0.5) is 0 Å². The van der Waals surface area contributed by atoms with E-state index >= 15 is 0 Å². The van der Waals surface area contributed by atoms with Crippen LogP contribution in [0.15, 0.2) is 24.3 Å². The molecule has 1 aromatic carbocycles. The lowest BCUT2D eigenvalue weighted by atomic mass is 9.96. The van der Waals surface area contributed by atoms with Crippen LogP contribution in [0.5, 0.6) is 0 Å². The molecule has 2 rings (SSSR count). The largest absolute Gasteiger partial charge is 0.356 e. The van der Waals surface area contributed by atoms with Crippen LogP contribution in [0.3, 0.4) is 0 Å². The molecule has 1 heterocycles. The number of hydrogen-bond acceptors (Lipinski definition) is 3. The summed E-state index contributed by atoms with van der Waals surface area (Å²) >= 11 is 6.23. The van der Waals surface area contributed by atoms with Crippen molar-refractivity contribution in [3.05, 3.63) is 34.9 Å². The second-order valence-electron chi connectivity index (χ2n) is 6.32. The molecule has 1 aliphatic heterocycles. The molecule has 1 aliphatic rings. The molecular formula is C18H30Cl3N3O. The Morgan fingerprint density at radius 3 is 2.56 bits per heavy atom. The maximum Gasteiger partial charge on any atom is 0.220 e. The molecule has 25 heavy (non-hydrogen) atoms. The SMILES string of the molecule is CNCCCC(=O)NCC1CCN(Cc2ccccc2Cl)CC1.Cl.Cl. The summed E-state index contributed by atoms with van der Waals surface area (Å²) in [7, 11) is 1.91. The number of halogens is 3. The normalized spacial score (nSPS) is 15.1. The van der Waals surface area contributed by atoms with Gasteiger partial charge in [-0.3, -0.25) is 9.69 Å². The van der Waals surface area contributed by atoms with Crippen molar-refractivity contribution in [2.45, 2.75) is 32.2 Å². The van der Waals surface area contributed by atoms with E-state index in [1.54, 1.807) is 0 Å². The molecule has 0 spiro atoms. The van der Waals surface area contributed by atoms with Gasteiger partial charge in [0.2, 0.25) is 5.91 Å². The quantitative estimate of drug-likeness (QED) is 0.645. The Morgan fingerprint density at radius 2 is 1.92 bits per heavy atom. The summed E-state index contributed by atoms with van der Waals surface area (Å²) in [5.41, 5.74) is 1.20. The van der Waals surface area contributed by atoms with Crippen LogP contribution < -0.4 is 10.6 Å². The Bertz CT molecular complexity index is 494. The standard InChI is InChI=1S/C18H28ClN3O.2ClH/c1-20-10-4-7-18(23)21-13-15-8-11-22(12-9-15)14-16-5-2-3-6-17(16)19;;/h2-3,5-6,15,20H,4,7-14H2,1H3,(H,21,23);2*1H. The smallest absolute Gasteiger partial charge is 0.220 e. The van der Waals surface area contributed by atoms with Crippen LogP contribution in [0, 0.1) is 5.92 Å². The van der Waals surface area contributed by atoms with E-state index in [-0.39, 0.29) is 30.7 Å². The summed E-state index contributed by atoms with van der Waals surface area (Å²) in [5.74, 6) is 0.782. The molecule has 4 nitrogen and oxygen atoms in total. The summed E-state index contributed by atoms with van der Waals surface area (Å²) in [6.45, 7) is 4.78. The first kappa shape index (κ1) is 24.5. The second-order valence-corrected chi connectivity index (χ2v) is 6.73. The zero-order chi connectivity index (χ0) is 16.5. The molecule has 0 bridgehead atoms. The number of amides is 1. The average molecular weight is 411 g/mol. The van der Waals surface area contributed by atoms with Crippen molar-refractivity contribution in [1.29, 1.82) is 0 Å². The lowest BCUT2D eigenvalue weighted by Crippen LogP contribution is -2.38. The van der Waals surface area contributed by atoms with Crippen molar-refractivity contribution in [3.8, 4) is 0 Å². The minimum Gasteiger partial charge on any atom is -0.356 e. The molecule has 0 aliphatic carbocycles. The molecule has 1 aromatic rings. The van der Waals surface area contributed by atoms with Gasteiger partial charge < -0.3 is 10.6 Å². The van der Waals surface area contributed by atoms with Crippen LogP contribution in [0.1, 0.15) is 31.2 Å². The average Bonchev–Trinajstić information content (AvgIpc) is 2.56. The molecule has 2 N–H and O–H groups in total. The predicted molar refractivity (Wildman–Crippen MR) is 110 cm³/mol. The van der Waals surface area contributed by atoms with Crippen LogP contribution in [-0.4, -0.2) is 44.0 Å². The number of carbonyl (C=O) groups is 1. The van der Waals surface area contributed by atoms with E-state index < -0.39 is 0 Å². The van der Waals surface area contributed by atoms with Crippen LogP contribution in [0.25, 0.3) is 0 Å². The van der Waals surface area contributed by atoms with Crippen molar-refractivity contribution in [2.75, 3.05) is 33.2 Å². The maximum atomic E-state index is 11.7. The Morgan fingerprint density at radius 1 is 1.24 bits per heavy atom. The molecule has 0 aromatic heterocycles. The van der Waals surface area contributed by atoms with Gasteiger partial charge in [0.05, 0.1) is 0 Å². The van der Waals surface area contributed by atoms with Gasteiger partial charge in [0.25, 0.3) is 0 Å². The summed E-state index contributed by atoms with van der Waals surface area (Å²) in [5, 5.41) is 6.99. The van der Waals surface area contributed by atoms with E-state index in [1.807, 2.05) is 25.2 Å². The fraction of sp³-hybridized carbons (Fsp3) is 0.611. The molecule has 0 atom stereocenters. The lowest BCUT2D eigenvalue weighted by molar-refractivity contribution is -0.121. The zero-order valence-electron chi connectivity index (χ0n) is 14.8. The molecule has 1 saturated heterocycles. The number of nitrogens with one attached hydrogen (secondary N) is 2. The lowest BCUT2D eigenvalue weighted by Gasteiger charge is -2.32. The molecule has 1 fully saturated rings. The Balaban J connectivity index is 0.00000288. The third kappa shape index (κ3) is 9.11. The number of hydrogen-bond donors (Lipinski definition) is 2. The molecule has 0 saturated carbocycles. The van der Waals surface area contributed by atoms with Crippen molar-refractivity contribution < 1.29 is 4.79 Å². The van der Waals surface area contributed by atoms with Gasteiger partial charge in [0.15, 0.2) is 0 Å². The zero-order valence-corrected chi connectivity index (χ0v) is 17.2. The summed E-state index contributed by atoms with van der Waals surface area (Å²) in [6.07, 6.45) is 3.80. The Hall–Kier alpha value is -0.520. The van der Waals surface area contributed by atoms with Gasteiger partial charge in [-0.2, -0.15) is 0 Å². The minimum absolute atomic E-state index is 0. The highest BCUT2D eigenvalue weighted by Gasteiger charge is 2.20. The number of likely N-dealkylation sites (tertiary alicyclic amines) is 1. The van der Waals surface area contributed by atoms with Gasteiger partial charge in [0.1, 0.15) is 0 Å². The van der Waals surface area contributed by atoms with E-state index in [2.05, 4.69) is 21.6 Å². The van der Waals surface area contributed by atoms with Gasteiger partial charge in [-0.15, -0.1) is 24.8 Å². The van der Waals surface area contributed by atoms with E-state index in [0.29, 0.717) is 12.3 Å². The van der Waals surface area contributed by atoms with Crippen LogP contribution in [0.2, 0.25) is 5.02 Å². The number of carbonyl (C=O) groups excluding carboxylic acids is 1. The Labute approximate surface area is 168 Å². The minimum atomic E-state index is 0. The molecule has 144 valence electrons. The van der Waals surface area contributed by atoms with Gasteiger partial charge in [-0.1, -0.05) is 29.8 Å². The van der Waals surface area contributed by atoms with Gasteiger partial charge in [-0.25, -0.2) is 0 Å². The van der Waals surface area contributed by atoms with E-state index in [9.17, 15) is 4.79 Å². The van der Waals surface area contributed by atoms with E-state index in [0.717, 1.165) is 57.0 Å². The highest BCUT2D eigenvalue weighted by Crippen LogP contribution is 2.21. The summed E-state index contributed by atoms with van der Waals surface area (Å²) in [6, 6.07) is 8.06.